The first kappa shape index (κ1) is 13.6. The normalized spacial score (nSPS) is 22.6. The van der Waals surface area contributed by atoms with Gasteiger partial charge in [0.05, 0.1) is 6.04 Å². The Morgan fingerprint density at radius 1 is 1.33 bits per heavy atom. The van der Waals surface area contributed by atoms with Gasteiger partial charge < -0.3 is 16.0 Å². The average Bonchev–Trinajstić information content (AvgIpc) is 2.91. The summed E-state index contributed by atoms with van der Waals surface area (Å²) in [6, 6.07) is 7.14. The molecule has 0 aliphatic carbocycles. The van der Waals surface area contributed by atoms with Gasteiger partial charge in [-0.25, -0.2) is 0 Å². The zero-order valence-electron chi connectivity index (χ0n) is 11.5. The Hall–Kier alpha value is -2.40. The number of benzene rings is 1. The van der Waals surface area contributed by atoms with E-state index in [2.05, 4.69) is 10.3 Å². The van der Waals surface area contributed by atoms with Crippen molar-refractivity contribution in [2.45, 2.75) is 12.5 Å². The summed E-state index contributed by atoms with van der Waals surface area (Å²) in [7, 11) is 0. The molecule has 1 fully saturated rings. The molecule has 1 aliphatic heterocycles. The number of piperidine rings is 1. The number of nitrogens with two attached hydrogens (primary N) is 1. The van der Waals surface area contributed by atoms with Gasteiger partial charge in [-0.1, -0.05) is 18.2 Å². The number of allylic oxidation sites excluding steroid dienone is 1. The van der Waals surface area contributed by atoms with E-state index in [9.17, 15) is 9.59 Å². The van der Waals surface area contributed by atoms with Crippen molar-refractivity contribution in [2.24, 2.45) is 11.7 Å². The third-order valence-electron chi connectivity index (χ3n) is 3.90. The number of hydrogen-bond acceptors (Lipinski definition) is 3. The van der Waals surface area contributed by atoms with Gasteiger partial charge in [0.15, 0.2) is 5.78 Å². The molecule has 21 heavy (non-hydrogen) atoms. The molecule has 2 atom stereocenters. The summed E-state index contributed by atoms with van der Waals surface area (Å²) in [6.45, 7) is 0.504. The van der Waals surface area contributed by atoms with Gasteiger partial charge in [-0.3, -0.25) is 9.59 Å². The summed E-state index contributed by atoms with van der Waals surface area (Å²) < 4.78 is 0. The molecule has 1 aromatic heterocycles. The molecule has 2 aromatic rings. The second kappa shape index (κ2) is 5.54. The minimum Gasteiger partial charge on any atom is -0.361 e. The highest BCUT2D eigenvalue weighted by Crippen LogP contribution is 2.20. The first-order chi connectivity index (χ1) is 10.2. The van der Waals surface area contributed by atoms with Gasteiger partial charge in [0.2, 0.25) is 5.91 Å². The number of carbonyl (C=O) groups is 2. The molecule has 1 aromatic carbocycles. The van der Waals surface area contributed by atoms with Crippen LogP contribution in [-0.4, -0.2) is 29.3 Å². The molecule has 1 aliphatic rings. The number of fused-ring (bicyclic) bond motifs is 1. The van der Waals surface area contributed by atoms with Crippen LogP contribution in [0.1, 0.15) is 12.0 Å². The van der Waals surface area contributed by atoms with Crippen molar-refractivity contribution < 1.29 is 9.59 Å². The monoisotopic (exact) mass is 283 g/mol. The maximum Gasteiger partial charge on any atom is 0.237 e. The largest absolute Gasteiger partial charge is 0.361 e. The highest BCUT2D eigenvalue weighted by Gasteiger charge is 2.32. The number of carbonyl (C=O) groups excluding carboxylic acids is 2. The van der Waals surface area contributed by atoms with E-state index in [1.165, 1.54) is 6.08 Å². The van der Waals surface area contributed by atoms with Crippen LogP contribution < -0.4 is 11.1 Å². The van der Waals surface area contributed by atoms with Crippen molar-refractivity contribution in [3.8, 4) is 0 Å². The third-order valence-corrected chi connectivity index (χ3v) is 3.90. The Bertz CT molecular complexity index is 717. The molecule has 0 saturated carbocycles. The lowest BCUT2D eigenvalue weighted by Gasteiger charge is -2.26. The lowest BCUT2D eigenvalue weighted by Crippen LogP contribution is -2.53. The number of rotatable bonds is 3. The smallest absolute Gasteiger partial charge is 0.237 e. The van der Waals surface area contributed by atoms with Crippen LogP contribution in [0.4, 0.5) is 0 Å². The van der Waals surface area contributed by atoms with Crippen LogP contribution in [0, 0.1) is 5.92 Å². The SMILES string of the molecule is NC1C(=O)NCCC1C(=O)C=Cc1c[nH]c2ccccc12. The number of hydrogen-bond donors (Lipinski definition) is 3. The number of amides is 1. The van der Waals surface area contributed by atoms with E-state index >= 15 is 0 Å². The zero-order valence-corrected chi connectivity index (χ0v) is 11.5. The van der Waals surface area contributed by atoms with E-state index < -0.39 is 12.0 Å². The summed E-state index contributed by atoms with van der Waals surface area (Å²) in [6.07, 6.45) is 5.76. The number of H-pyrrole nitrogens is 1. The number of aromatic amines is 1. The van der Waals surface area contributed by atoms with Gasteiger partial charge in [-0.15, -0.1) is 0 Å². The zero-order chi connectivity index (χ0) is 14.8. The van der Waals surface area contributed by atoms with E-state index in [1.54, 1.807) is 6.08 Å². The molecule has 4 N–H and O–H groups in total. The quantitative estimate of drug-likeness (QED) is 0.740. The van der Waals surface area contributed by atoms with Crippen molar-refractivity contribution in [1.29, 1.82) is 0 Å². The Labute approximate surface area is 122 Å². The molecule has 1 amide bonds. The standard InChI is InChI=1S/C16H17N3O2/c17-15-12(7-8-18-16(15)21)14(20)6-5-10-9-19-13-4-2-1-3-11(10)13/h1-6,9,12,15,19H,7-8,17H2,(H,18,21). The maximum atomic E-state index is 12.2. The van der Waals surface area contributed by atoms with Crippen LogP contribution in [-0.2, 0) is 9.59 Å². The Balaban J connectivity index is 1.79. The predicted octanol–water partition coefficient (Wildman–Crippen LogP) is 1.21. The van der Waals surface area contributed by atoms with Crippen molar-refractivity contribution in [1.82, 2.24) is 10.3 Å². The van der Waals surface area contributed by atoms with Crippen molar-refractivity contribution in [3.63, 3.8) is 0 Å². The molecule has 0 spiro atoms. The van der Waals surface area contributed by atoms with Gasteiger partial charge in [0.25, 0.3) is 0 Å². The van der Waals surface area contributed by atoms with E-state index in [0.717, 1.165) is 16.5 Å². The highest BCUT2D eigenvalue weighted by atomic mass is 16.2. The number of para-hydroxylation sites is 1. The van der Waals surface area contributed by atoms with E-state index in [-0.39, 0.29) is 11.7 Å². The van der Waals surface area contributed by atoms with Crippen molar-refractivity contribution >= 4 is 28.7 Å². The first-order valence-electron chi connectivity index (χ1n) is 6.98. The fraction of sp³-hybridized carbons (Fsp3) is 0.250. The molecular weight excluding hydrogens is 266 g/mol. The first-order valence-corrected chi connectivity index (χ1v) is 6.98. The molecule has 0 bridgehead atoms. The van der Waals surface area contributed by atoms with Crippen LogP contribution in [0.3, 0.4) is 0 Å². The summed E-state index contributed by atoms with van der Waals surface area (Å²) >= 11 is 0. The van der Waals surface area contributed by atoms with E-state index in [4.69, 9.17) is 5.73 Å². The van der Waals surface area contributed by atoms with Crippen LogP contribution in [0.2, 0.25) is 0 Å². The minimum absolute atomic E-state index is 0.0948. The highest BCUT2D eigenvalue weighted by molar-refractivity contribution is 6.01. The van der Waals surface area contributed by atoms with Gasteiger partial charge in [0, 0.05) is 29.6 Å². The summed E-state index contributed by atoms with van der Waals surface area (Å²) in [5, 5.41) is 3.73. The van der Waals surface area contributed by atoms with E-state index in [0.29, 0.717) is 13.0 Å². The lowest BCUT2D eigenvalue weighted by atomic mass is 9.88. The molecule has 2 unspecified atom stereocenters. The summed E-state index contributed by atoms with van der Waals surface area (Å²) in [5.74, 6) is -0.775. The predicted molar refractivity (Wildman–Crippen MR) is 81.4 cm³/mol. The fourth-order valence-corrected chi connectivity index (χ4v) is 2.68. The average molecular weight is 283 g/mol. The Morgan fingerprint density at radius 2 is 2.14 bits per heavy atom. The number of nitrogens with one attached hydrogen (secondary N) is 2. The van der Waals surface area contributed by atoms with E-state index in [1.807, 2.05) is 30.5 Å². The van der Waals surface area contributed by atoms with Gasteiger partial charge in [-0.2, -0.15) is 0 Å². The Kier molecular flexibility index (Phi) is 3.58. The summed E-state index contributed by atoms with van der Waals surface area (Å²) in [4.78, 5) is 26.9. The van der Waals surface area contributed by atoms with Crippen LogP contribution in [0.15, 0.2) is 36.5 Å². The molecule has 5 heteroatoms. The molecule has 0 radical (unpaired) electrons. The van der Waals surface area contributed by atoms with Crippen LogP contribution in [0.25, 0.3) is 17.0 Å². The molecule has 1 saturated heterocycles. The third kappa shape index (κ3) is 2.60. The Morgan fingerprint density at radius 3 is 3.00 bits per heavy atom. The lowest BCUT2D eigenvalue weighted by molar-refractivity contribution is -0.130. The van der Waals surface area contributed by atoms with Gasteiger partial charge in [-0.05, 0) is 30.2 Å². The number of aromatic nitrogens is 1. The maximum absolute atomic E-state index is 12.2. The second-order valence-corrected chi connectivity index (χ2v) is 5.24. The minimum atomic E-state index is -0.751. The summed E-state index contributed by atoms with van der Waals surface area (Å²) in [5.41, 5.74) is 7.77. The second-order valence-electron chi connectivity index (χ2n) is 5.24. The molecule has 5 nitrogen and oxygen atoms in total. The van der Waals surface area contributed by atoms with Crippen LogP contribution in [0.5, 0.6) is 0 Å². The topological polar surface area (TPSA) is 88.0 Å². The van der Waals surface area contributed by atoms with Gasteiger partial charge in [0.1, 0.15) is 0 Å². The number of ketones is 1. The molecule has 3 rings (SSSR count). The molecule has 108 valence electrons. The van der Waals surface area contributed by atoms with Gasteiger partial charge >= 0.3 is 0 Å². The fourth-order valence-electron chi connectivity index (χ4n) is 2.68. The molecule has 2 heterocycles. The van der Waals surface area contributed by atoms with Crippen molar-refractivity contribution in [2.75, 3.05) is 6.54 Å². The molecular formula is C16H17N3O2. The van der Waals surface area contributed by atoms with Crippen molar-refractivity contribution in [3.05, 3.63) is 42.1 Å². The van der Waals surface area contributed by atoms with Crippen LogP contribution >= 0.6 is 0 Å².